The topological polar surface area (TPSA) is 54.5 Å². The summed E-state index contributed by atoms with van der Waals surface area (Å²) in [5, 5.41) is 2.90. The van der Waals surface area contributed by atoms with E-state index in [-0.39, 0.29) is 6.03 Å². The molecule has 0 saturated carbocycles. The molecule has 0 bridgehead atoms. The van der Waals surface area contributed by atoms with Gasteiger partial charge in [0, 0.05) is 37.1 Å². The van der Waals surface area contributed by atoms with Crippen molar-refractivity contribution in [3.8, 4) is 5.75 Å². The average molecular weight is 297 g/mol. The van der Waals surface area contributed by atoms with Crippen molar-refractivity contribution in [2.45, 2.75) is 12.3 Å². The predicted molar refractivity (Wildman–Crippen MR) is 85.2 cm³/mol. The van der Waals surface area contributed by atoms with E-state index in [2.05, 4.69) is 22.4 Å². The van der Waals surface area contributed by atoms with E-state index in [1.54, 1.807) is 31.6 Å². The van der Waals surface area contributed by atoms with E-state index < -0.39 is 0 Å². The van der Waals surface area contributed by atoms with Gasteiger partial charge in [0.1, 0.15) is 5.75 Å². The van der Waals surface area contributed by atoms with Crippen LogP contribution in [0.2, 0.25) is 0 Å². The van der Waals surface area contributed by atoms with Crippen LogP contribution in [-0.4, -0.2) is 36.1 Å². The number of pyridine rings is 1. The molecule has 114 valence electrons. The zero-order valence-electron chi connectivity index (χ0n) is 12.5. The van der Waals surface area contributed by atoms with Gasteiger partial charge in [-0.05, 0) is 36.2 Å². The second kappa shape index (κ2) is 6.47. The van der Waals surface area contributed by atoms with E-state index in [1.807, 2.05) is 17.0 Å². The fourth-order valence-corrected chi connectivity index (χ4v) is 2.73. The number of rotatable bonds is 3. The van der Waals surface area contributed by atoms with Crippen LogP contribution in [0.25, 0.3) is 0 Å². The number of urea groups is 1. The molecule has 2 heterocycles. The molecule has 1 atom stereocenters. The van der Waals surface area contributed by atoms with Crippen molar-refractivity contribution < 1.29 is 9.53 Å². The van der Waals surface area contributed by atoms with Crippen LogP contribution in [-0.2, 0) is 0 Å². The molecule has 0 unspecified atom stereocenters. The lowest BCUT2D eigenvalue weighted by Gasteiger charge is -2.17. The molecule has 1 N–H and O–H groups in total. The third-order valence-corrected chi connectivity index (χ3v) is 3.99. The number of hydrogen-bond donors (Lipinski definition) is 1. The van der Waals surface area contributed by atoms with Crippen LogP contribution in [0.3, 0.4) is 0 Å². The van der Waals surface area contributed by atoms with Crippen LogP contribution in [0, 0.1) is 0 Å². The second-order valence-electron chi connectivity index (χ2n) is 5.37. The molecule has 1 aliphatic rings. The average Bonchev–Trinajstić information content (AvgIpc) is 3.06. The minimum Gasteiger partial charge on any atom is -0.497 e. The fraction of sp³-hybridized carbons (Fsp3) is 0.294. The molecule has 1 saturated heterocycles. The van der Waals surface area contributed by atoms with Crippen LogP contribution in [0.1, 0.15) is 17.9 Å². The number of hydrogen-bond acceptors (Lipinski definition) is 3. The van der Waals surface area contributed by atoms with Gasteiger partial charge in [0.2, 0.25) is 0 Å². The molecule has 2 amide bonds. The Labute approximate surface area is 129 Å². The lowest BCUT2D eigenvalue weighted by atomic mass is 9.98. The first-order chi connectivity index (χ1) is 10.8. The normalized spacial score (nSPS) is 17.3. The SMILES string of the molecule is COc1ccc([C@@H]2CCN(C(=O)Nc3ccncc3)C2)cc1. The minimum atomic E-state index is -0.0535. The lowest BCUT2D eigenvalue weighted by Crippen LogP contribution is -2.32. The highest BCUT2D eigenvalue weighted by molar-refractivity contribution is 5.89. The van der Waals surface area contributed by atoms with Crippen molar-refractivity contribution in [3.63, 3.8) is 0 Å². The first kappa shape index (κ1) is 14.4. The molecular formula is C17H19N3O2. The highest BCUT2D eigenvalue weighted by Crippen LogP contribution is 2.28. The molecule has 0 spiro atoms. The number of likely N-dealkylation sites (tertiary alicyclic amines) is 1. The van der Waals surface area contributed by atoms with E-state index in [4.69, 9.17) is 4.74 Å². The highest BCUT2D eigenvalue weighted by atomic mass is 16.5. The van der Waals surface area contributed by atoms with Crippen molar-refractivity contribution in [1.29, 1.82) is 0 Å². The molecule has 0 aliphatic carbocycles. The molecule has 1 fully saturated rings. The number of nitrogens with zero attached hydrogens (tertiary/aromatic N) is 2. The van der Waals surface area contributed by atoms with E-state index in [0.717, 1.165) is 30.9 Å². The third-order valence-electron chi connectivity index (χ3n) is 3.99. The first-order valence-corrected chi connectivity index (χ1v) is 7.36. The van der Waals surface area contributed by atoms with E-state index in [0.29, 0.717) is 5.92 Å². The van der Waals surface area contributed by atoms with Gasteiger partial charge >= 0.3 is 6.03 Å². The predicted octanol–water partition coefficient (Wildman–Crippen LogP) is 3.11. The van der Waals surface area contributed by atoms with Gasteiger partial charge in [-0.15, -0.1) is 0 Å². The molecule has 0 radical (unpaired) electrons. The number of carbonyl (C=O) groups excluding carboxylic acids is 1. The molecular weight excluding hydrogens is 278 g/mol. The number of carbonyl (C=O) groups is 1. The molecule has 5 nitrogen and oxygen atoms in total. The standard InChI is InChI=1S/C17H19N3O2/c1-22-16-4-2-13(3-5-16)14-8-11-20(12-14)17(21)19-15-6-9-18-10-7-15/h2-7,9-10,14H,8,11-12H2,1H3,(H,18,19,21)/t14-/m1/s1. The molecule has 1 aliphatic heterocycles. The number of nitrogens with one attached hydrogen (secondary N) is 1. The molecule has 1 aromatic carbocycles. The summed E-state index contributed by atoms with van der Waals surface area (Å²) in [6, 6.07) is 11.6. The number of ether oxygens (including phenoxy) is 1. The smallest absolute Gasteiger partial charge is 0.321 e. The van der Waals surface area contributed by atoms with Crippen LogP contribution in [0.15, 0.2) is 48.8 Å². The third kappa shape index (κ3) is 3.19. The zero-order chi connectivity index (χ0) is 15.4. The van der Waals surface area contributed by atoms with E-state index in [1.165, 1.54) is 5.56 Å². The fourth-order valence-electron chi connectivity index (χ4n) is 2.73. The van der Waals surface area contributed by atoms with Crippen LogP contribution in [0.5, 0.6) is 5.75 Å². The van der Waals surface area contributed by atoms with E-state index >= 15 is 0 Å². The summed E-state index contributed by atoms with van der Waals surface area (Å²) in [7, 11) is 1.66. The van der Waals surface area contributed by atoms with Crippen molar-refractivity contribution in [3.05, 3.63) is 54.4 Å². The monoisotopic (exact) mass is 297 g/mol. The van der Waals surface area contributed by atoms with Gasteiger partial charge in [0.15, 0.2) is 0 Å². The Balaban J connectivity index is 1.60. The van der Waals surface area contributed by atoms with Crippen molar-refractivity contribution in [2.24, 2.45) is 0 Å². The van der Waals surface area contributed by atoms with Crippen LogP contribution < -0.4 is 10.1 Å². The van der Waals surface area contributed by atoms with Crippen LogP contribution >= 0.6 is 0 Å². The number of anilines is 1. The van der Waals surface area contributed by atoms with Gasteiger partial charge in [0.25, 0.3) is 0 Å². The van der Waals surface area contributed by atoms with Crippen LogP contribution in [0.4, 0.5) is 10.5 Å². The maximum absolute atomic E-state index is 12.3. The number of aromatic nitrogens is 1. The Morgan fingerprint density at radius 1 is 1.23 bits per heavy atom. The molecule has 22 heavy (non-hydrogen) atoms. The molecule has 1 aromatic heterocycles. The van der Waals surface area contributed by atoms with Gasteiger partial charge in [-0.2, -0.15) is 0 Å². The Morgan fingerprint density at radius 3 is 2.64 bits per heavy atom. The first-order valence-electron chi connectivity index (χ1n) is 7.36. The highest BCUT2D eigenvalue weighted by Gasteiger charge is 2.27. The summed E-state index contributed by atoms with van der Waals surface area (Å²) in [6.07, 6.45) is 4.32. The Morgan fingerprint density at radius 2 is 1.95 bits per heavy atom. The summed E-state index contributed by atoms with van der Waals surface area (Å²) in [5.74, 6) is 1.24. The molecule has 5 heteroatoms. The number of benzene rings is 1. The maximum Gasteiger partial charge on any atom is 0.321 e. The van der Waals surface area contributed by atoms with Gasteiger partial charge in [0.05, 0.1) is 7.11 Å². The van der Waals surface area contributed by atoms with Crippen molar-refractivity contribution in [2.75, 3.05) is 25.5 Å². The number of amides is 2. The zero-order valence-corrected chi connectivity index (χ0v) is 12.5. The second-order valence-corrected chi connectivity index (χ2v) is 5.37. The van der Waals surface area contributed by atoms with Gasteiger partial charge in [-0.3, -0.25) is 4.98 Å². The summed E-state index contributed by atoms with van der Waals surface area (Å²) >= 11 is 0. The number of methoxy groups -OCH3 is 1. The Kier molecular flexibility index (Phi) is 4.23. The Hall–Kier alpha value is -2.56. The quantitative estimate of drug-likeness (QED) is 0.947. The van der Waals surface area contributed by atoms with Gasteiger partial charge in [-0.25, -0.2) is 4.79 Å². The largest absolute Gasteiger partial charge is 0.497 e. The summed E-state index contributed by atoms with van der Waals surface area (Å²) in [5.41, 5.74) is 2.02. The van der Waals surface area contributed by atoms with E-state index in [9.17, 15) is 4.79 Å². The summed E-state index contributed by atoms with van der Waals surface area (Å²) in [4.78, 5) is 18.1. The van der Waals surface area contributed by atoms with Crippen molar-refractivity contribution >= 4 is 11.7 Å². The minimum absolute atomic E-state index is 0.0535. The molecule has 3 rings (SSSR count). The Bertz CT molecular complexity index is 628. The molecule has 2 aromatic rings. The summed E-state index contributed by atoms with van der Waals surface area (Å²) in [6.45, 7) is 1.51. The summed E-state index contributed by atoms with van der Waals surface area (Å²) < 4.78 is 5.18. The lowest BCUT2D eigenvalue weighted by molar-refractivity contribution is 0.222. The van der Waals surface area contributed by atoms with Gasteiger partial charge in [-0.1, -0.05) is 12.1 Å². The van der Waals surface area contributed by atoms with Crippen molar-refractivity contribution in [1.82, 2.24) is 9.88 Å². The maximum atomic E-state index is 12.3. The van der Waals surface area contributed by atoms with Gasteiger partial charge < -0.3 is 15.0 Å².